The number of methoxy groups -OCH3 is 1. The summed E-state index contributed by atoms with van der Waals surface area (Å²) >= 11 is 1.26. The lowest BCUT2D eigenvalue weighted by Crippen LogP contribution is -2.87. The molecule has 0 saturated carbocycles. The van der Waals surface area contributed by atoms with E-state index in [1.807, 2.05) is 6.07 Å². The van der Waals surface area contributed by atoms with Gasteiger partial charge in [-0.15, -0.1) is 11.8 Å². The van der Waals surface area contributed by atoms with Gasteiger partial charge in [0.1, 0.15) is 5.37 Å². The molecule has 4 rings (SSSR count). The number of rotatable bonds is 5. The molecule has 2 amide bonds. The summed E-state index contributed by atoms with van der Waals surface area (Å²) in [4.78, 5) is 50.3. The molecule has 9 nitrogen and oxygen atoms in total. The number of thioether (sulfide) groups is 1. The number of nitrogens with one attached hydrogen (secondary N) is 1. The maximum absolute atomic E-state index is 13.0. The van der Waals surface area contributed by atoms with E-state index < -0.39 is 46.5 Å². The van der Waals surface area contributed by atoms with E-state index >= 15 is 0 Å². The van der Waals surface area contributed by atoms with E-state index in [4.69, 9.17) is 9.47 Å². The molecule has 0 aromatic heterocycles. The largest absolute Gasteiger partial charge is 0.477 e. The maximum Gasteiger partial charge on any atom is 0.370 e. The number of carbonyl (C=O) groups is 4. The van der Waals surface area contributed by atoms with Crippen LogP contribution in [0.5, 0.6) is 0 Å². The molecule has 10 heteroatoms. The van der Waals surface area contributed by atoms with E-state index in [2.05, 4.69) is 5.32 Å². The third kappa shape index (κ3) is 2.44. The van der Waals surface area contributed by atoms with Crippen LogP contribution in [-0.4, -0.2) is 63.4 Å². The number of carboxylic acid groups (broad SMARTS) is 1. The van der Waals surface area contributed by atoms with Crippen molar-refractivity contribution in [3.8, 4) is 0 Å². The third-order valence-electron chi connectivity index (χ3n) is 5.33. The summed E-state index contributed by atoms with van der Waals surface area (Å²) in [5, 5.41) is 11.6. The van der Waals surface area contributed by atoms with Crippen molar-refractivity contribution in [2.45, 2.75) is 29.7 Å². The molecule has 0 bridgehead atoms. The van der Waals surface area contributed by atoms with Gasteiger partial charge in [-0.2, -0.15) is 0 Å². The second-order valence-corrected chi connectivity index (χ2v) is 8.00. The third-order valence-corrected chi connectivity index (χ3v) is 6.78. The predicted octanol–water partition coefficient (Wildman–Crippen LogP) is -0.0529. The molecule has 3 heterocycles. The van der Waals surface area contributed by atoms with Crippen LogP contribution in [0.15, 0.2) is 30.3 Å². The first-order chi connectivity index (χ1) is 13.3. The fourth-order valence-corrected chi connectivity index (χ4v) is 5.65. The van der Waals surface area contributed by atoms with Crippen LogP contribution in [0.4, 0.5) is 0 Å². The second kappa shape index (κ2) is 6.49. The molecule has 3 saturated heterocycles. The smallest absolute Gasteiger partial charge is 0.370 e. The Morgan fingerprint density at radius 1 is 1.36 bits per heavy atom. The molecule has 148 valence electrons. The second-order valence-electron chi connectivity index (χ2n) is 6.89. The van der Waals surface area contributed by atoms with Crippen LogP contribution in [0.25, 0.3) is 0 Å². The van der Waals surface area contributed by atoms with E-state index in [1.165, 1.54) is 18.9 Å². The average molecular weight is 406 g/mol. The van der Waals surface area contributed by atoms with Crippen molar-refractivity contribution in [1.29, 1.82) is 0 Å². The van der Waals surface area contributed by atoms with Gasteiger partial charge in [0.2, 0.25) is 5.91 Å². The van der Waals surface area contributed by atoms with Gasteiger partial charge in [0, 0.05) is 18.8 Å². The summed E-state index contributed by atoms with van der Waals surface area (Å²) in [6.07, 6.45) is -0.0333. The predicted molar refractivity (Wildman–Crippen MR) is 95.7 cm³/mol. The summed E-state index contributed by atoms with van der Waals surface area (Å²) in [6.45, 7) is 0. The number of hydrogen-bond acceptors (Lipinski definition) is 7. The minimum atomic E-state index is -2.05. The zero-order valence-electron chi connectivity index (χ0n) is 14.9. The number of amides is 2. The van der Waals surface area contributed by atoms with Gasteiger partial charge in [-0.05, 0) is 5.56 Å². The van der Waals surface area contributed by atoms with Crippen molar-refractivity contribution in [2.75, 3.05) is 12.9 Å². The van der Waals surface area contributed by atoms with Crippen molar-refractivity contribution >= 4 is 35.5 Å². The average Bonchev–Trinajstić information content (AvgIpc) is 3.02. The molecule has 1 aromatic carbocycles. The number of hydrogen-bond donors (Lipinski definition) is 2. The van der Waals surface area contributed by atoms with Gasteiger partial charge >= 0.3 is 11.9 Å². The number of β-lactam (4-membered cyclic amide) rings is 1. The maximum atomic E-state index is 13.0. The van der Waals surface area contributed by atoms with Crippen LogP contribution in [-0.2, 0) is 35.1 Å². The first kappa shape index (κ1) is 18.8. The highest BCUT2D eigenvalue weighted by Crippen LogP contribution is 2.54. The van der Waals surface area contributed by atoms with Crippen molar-refractivity contribution in [2.24, 2.45) is 5.92 Å². The van der Waals surface area contributed by atoms with Gasteiger partial charge in [0.25, 0.3) is 17.4 Å². The number of esters is 1. The van der Waals surface area contributed by atoms with Crippen molar-refractivity contribution in [3.63, 3.8) is 0 Å². The minimum absolute atomic E-state index is 0.0400. The molecule has 1 aromatic rings. The highest BCUT2D eigenvalue weighted by molar-refractivity contribution is 8.00. The lowest BCUT2D eigenvalue weighted by molar-refractivity contribution is -0.248. The van der Waals surface area contributed by atoms with Gasteiger partial charge in [-0.3, -0.25) is 19.3 Å². The van der Waals surface area contributed by atoms with E-state index in [9.17, 15) is 24.3 Å². The Labute approximate surface area is 164 Å². The summed E-state index contributed by atoms with van der Waals surface area (Å²) in [6, 6.07) is 8.99. The Balaban J connectivity index is 1.59. The highest BCUT2D eigenvalue weighted by Gasteiger charge is 2.77. The van der Waals surface area contributed by atoms with Crippen LogP contribution in [0, 0.1) is 5.92 Å². The van der Waals surface area contributed by atoms with Crippen LogP contribution >= 0.6 is 11.8 Å². The molecule has 0 aliphatic carbocycles. The summed E-state index contributed by atoms with van der Waals surface area (Å²) < 4.78 is 10.5. The zero-order chi connectivity index (χ0) is 20.1. The van der Waals surface area contributed by atoms with Crippen LogP contribution in [0.3, 0.4) is 0 Å². The van der Waals surface area contributed by atoms with E-state index in [1.54, 1.807) is 24.3 Å². The first-order valence-electron chi connectivity index (χ1n) is 8.66. The van der Waals surface area contributed by atoms with E-state index in [0.717, 1.165) is 10.5 Å². The molecule has 3 aliphatic heterocycles. The number of carboxylic acids is 1. The number of fused-ring (bicyclic) bond motifs is 3. The Morgan fingerprint density at radius 2 is 2.07 bits per heavy atom. The van der Waals surface area contributed by atoms with E-state index in [-0.39, 0.29) is 18.6 Å². The molecule has 2 unspecified atom stereocenters. The van der Waals surface area contributed by atoms with E-state index in [0.29, 0.717) is 0 Å². The lowest BCUT2D eigenvalue weighted by atomic mass is 9.87. The van der Waals surface area contributed by atoms with Gasteiger partial charge in [-0.25, -0.2) is 4.79 Å². The molecule has 4 atom stereocenters. The SMILES string of the molecule is CO[C@@]1(NC(=O)Cc2ccccc2)C(=O)N2[C@@H]1SCC1CC(=O)OC12C(=O)O. The fourth-order valence-electron chi connectivity index (χ4n) is 4.00. The molecule has 0 spiro atoms. The molecule has 3 fully saturated rings. The standard InChI is InChI=1S/C18H18N2O7S/c1-26-17(19-12(21)7-10-5-3-2-4-6-10)14(23)20-15(17)28-9-11-8-13(22)27-18(11,20)16(24)25/h2-6,11,15H,7-9H2,1H3,(H,19,21)(H,24,25)/t11?,15-,17+,18?/m1/s1. The quantitative estimate of drug-likeness (QED) is 0.396. The number of benzene rings is 1. The highest BCUT2D eigenvalue weighted by atomic mass is 32.2. The molecule has 0 radical (unpaired) electrons. The van der Waals surface area contributed by atoms with Gasteiger partial charge in [-0.1, -0.05) is 30.3 Å². The Bertz CT molecular complexity index is 863. The lowest BCUT2D eigenvalue weighted by Gasteiger charge is -2.61. The monoisotopic (exact) mass is 406 g/mol. The topological polar surface area (TPSA) is 122 Å². The van der Waals surface area contributed by atoms with Crippen LogP contribution < -0.4 is 5.32 Å². The molecule has 2 N–H and O–H groups in total. The number of ether oxygens (including phenoxy) is 2. The van der Waals surface area contributed by atoms with Gasteiger partial charge in [0.05, 0.1) is 12.8 Å². The Hall–Kier alpha value is -2.59. The summed E-state index contributed by atoms with van der Waals surface area (Å²) in [7, 11) is 1.28. The molecular formula is C18H18N2O7S. The van der Waals surface area contributed by atoms with Crippen molar-refractivity contribution in [3.05, 3.63) is 35.9 Å². The Kier molecular flexibility index (Phi) is 4.35. The summed E-state index contributed by atoms with van der Waals surface area (Å²) in [5.41, 5.74) is -2.98. The summed E-state index contributed by atoms with van der Waals surface area (Å²) in [5.74, 6) is -3.61. The van der Waals surface area contributed by atoms with Crippen LogP contribution in [0.2, 0.25) is 0 Å². The van der Waals surface area contributed by atoms with Crippen molar-refractivity contribution < 1.29 is 33.8 Å². The number of nitrogens with zero attached hydrogens (tertiary/aromatic N) is 1. The van der Waals surface area contributed by atoms with Crippen LogP contribution in [0.1, 0.15) is 12.0 Å². The first-order valence-corrected chi connectivity index (χ1v) is 9.70. The minimum Gasteiger partial charge on any atom is -0.477 e. The van der Waals surface area contributed by atoms with Gasteiger partial charge in [0.15, 0.2) is 0 Å². The number of carbonyl (C=O) groups excluding carboxylic acids is 3. The zero-order valence-corrected chi connectivity index (χ0v) is 15.7. The fraction of sp³-hybridized carbons (Fsp3) is 0.444. The molecular weight excluding hydrogens is 388 g/mol. The normalized spacial score (nSPS) is 33.4. The molecule has 3 aliphatic rings. The number of aliphatic carboxylic acids is 1. The van der Waals surface area contributed by atoms with Crippen molar-refractivity contribution in [1.82, 2.24) is 10.2 Å². The Morgan fingerprint density at radius 3 is 2.71 bits per heavy atom. The molecule has 28 heavy (non-hydrogen) atoms. The van der Waals surface area contributed by atoms with Gasteiger partial charge < -0.3 is 19.9 Å².